The molecule has 1 aromatic heterocycles. The SMILES string of the molecule is COC(=O)Nc1cc(OC)c(NC(=O)C[n+]2ccccc2)cc1O. The molecule has 2 rings (SSSR count). The molecule has 8 nitrogen and oxygen atoms in total. The van der Waals surface area contributed by atoms with Gasteiger partial charge in [0.15, 0.2) is 12.4 Å². The van der Waals surface area contributed by atoms with E-state index >= 15 is 0 Å². The number of pyridine rings is 1. The minimum atomic E-state index is -0.732. The van der Waals surface area contributed by atoms with Crippen molar-refractivity contribution in [3.63, 3.8) is 0 Å². The fourth-order valence-corrected chi connectivity index (χ4v) is 1.99. The van der Waals surface area contributed by atoms with Crippen molar-refractivity contribution < 1.29 is 28.7 Å². The first-order chi connectivity index (χ1) is 11.5. The monoisotopic (exact) mass is 332 g/mol. The number of rotatable bonds is 5. The Morgan fingerprint density at radius 2 is 1.79 bits per heavy atom. The third-order valence-corrected chi connectivity index (χ3v) is 3.12. The lowest BCUT2D eigenvalue weighted by atomic mass is 10.2. The van der Waals surface area contributed by atoms with Crippen LogP contribution in [0.1, 0.15) is 0 Å². The maximum Gasteiger partial charge on any atom is 0.411 e. The van der Waals surface area contributed by atoms with Crippen LogP contribution in [0.15, 0.2) is 42.7 Å². The molecule has 0 saturated heterocycles. The third-order valence-electron chi connectivity index (χ3n) is 3.12. The van der Waals surface area contributed by atoms with Crippen molar-refractivity contribution >= 4 is 23.4 Å². The summed E-state index contributed by atoms with van der Waals surface area (Å²) in [6.45, 7) is 0.104. The molecule has 1 aromatic carbocycles. The van der Waals surface area contributed by atoms with Crippen molar-refractivity contribution in [1.29, 1.82) is 0 Å². The molecule has 126 valence electrons. The Balaban J connectivity index is 2.16. The number of carbonyl (C=O) groups is 2. The summed E-state index contributed by atoms with van der Waals surface area (Å²) in [5.41, 5.74) is 0.390. The van der Waals surface area contributed by atoms with E-state index in [1.54, 1.807) is 17.0 Å². The van der Waals surface area contributed by atoms with Crippen LogP contribution in [-0.4, -0.2) is 31.3 Å². The molecule has 3 N–H and O–H groups in total. The maximum atomic E-state index is 12.1. The van der Waals surface area contributed by atoms with E-state index in [-0.39, 0.29) is 35.3 Å². The fraction of sp³-hybridized carbons (Fsp3) is 0.188. The van der Waals surface area contributed by atoms with Crippen molar-refractivity contribution in [3.05, 3.63) is 42.7 Å². The summed E-state index contributed by atoms with van der Waals surface area (Å²) in [4.78, 5) is 23.4. The van der Waals surface area contributed by atoms with Gasteiger partial charge in [0.2, 0.25) is 6.54 Å². The normalized spacial score (nSPS) is 9.92. The van der Waals surface area contributed by atoms with Gasteiger partial charge in [-0.3, -0.25) is 10.1 Å². The van der Waals surface area contributed by atoms with E-state index in [4.69, 9.17) is 4.74 Å². The topological polar surface area (TPSA) is 101 Å². The summed E-state index contributed by atoms with van der Waals surface area (Å²) in [5, 5.41) is 15.0. The molecule has 0 radical (unpaired) electrons. The molecule has 2 amide bonds. The van der Waals surface area contributed by atoms with Crippen molar-refractivity contribution in [2.75, 3.05) is 24.9 Å². The van der Waals surface area contributed by atoms with Crippen molar-refractivity contribution in [2.24, 2.45) is 0 Å². The van der Waals surface area contributed by atoms with Gasteiger partial charge in [0.25, 0.3) is 5.91 Å². The minimum absolute atomic E-state index is 0.104. The molecular formula is C16H18N3O5+. The van der Waals surface area contributed by atoms with Crippen molar-refractivity contribution in [1.82, 2.24) is 0 Å². The van der Waals surface area contributed by atoms with Gasteiger partial charge in [-0.2, -0.15) is 4.57 Å². The lowest BCUT2D eigenvalue weighted by molar-refractivity contribution is -0.684. The van der Waals surface area contributed by atoms with Crippen molar-refractivity contribution in [2.45, 2.75) is 6.54 Å². The highest BCUT2D eigenvalue weighted by molar-refractivity contribution is 5.94. The van der Waals surface area contributed by atoms with Gasteiger partial charge in [-0.05, 0) is 0 Å². The number of hydrogen-bond acceptors (Lipinski definition) is 5. The Labute approximate surface area is 138 Å². The van der Waals surface area contributed by atoms with Crippen LogP contribution in [0.2, 0.25) is 0 Å². The van der Waals surface area contributed by atoms with E-state index in [1.165, 1.54) is 26.4 Å². The number of aromatic hydroxyl groups is 1. The van der Waals surface area contributed by atoms with E-state index in [2.05, 4.69) is 15.4 Å². The fourth-order valence-electron chi connectivity index (χ4n) is 1.99. The number of hydrogen-bond donors (Lipinski definition) is 3. The van der Waals surface area contributed by atoms with Crippen LogP contribution >= 0.6 is 0 Å². The van der Waals surface area contributed by atoms with Gasteiger partial charge >= 0.3 is 6.09 Å². The molecule has 8 heteroatoms. The molecule has 0 aliphatic heterocycles. The largest absolute Gasteiger partial charge is 0.506 e. The van der Waals surface area contributed by atoms with Gasteiger partial charge in [0, 0.05) is 24.3 Å². The zero-order valence-electron chi connectivity index (χ0n) is 13.3. The Hall–Kier alpha value is -3.29. The molecule has 0 saturated carbocycles. The Bertz CT molecular complexity index is 734. The summed E-state index contributed by atoms with van der Waals surface area (Å²) in [6, 6.07) is 8.15. The van der Waals surface area contributed by atoms with Crippen LogP contribution < -0.4 is 19.9 Å². The number of phenolic OH excluding ortho intramolecular Hbond substituents is 1. The first kappa shape index (κ1) is 17.1. The number of methoxy groups -OCH3 is 2. The number of aromatic nitrogens is 1. The second-order valence-electron chi connectivity index (χ2n) is 4.78. The molecule has 0 aliphatic rings. The average molecular weight is 332 g/mol. The predicted molar refractivity (Wildman–Crippen MR) is 86.0 cm³/mol. The van der Waals surface area contributed by atoms with Gasteiger partial charge in [-0.25, -0.2) is 4.79 Å². The van der Waals surface area contributed by atoms with Crippen LogP contribution in [0, 0.1) is 0 Å². The first-order valence-corrected chi connectivity index (χ1v) is 7.03. The molecule has 0 unspecified atom stereocenters. The number of anilines is 2. The van der Waals surface area contributed by atoms with Gasteiger partial charge in [-0.1, -0.05) is 6.07 Å². The number of benzene rings is 1. The zero-order valence-corrected chi connectivity index (χ0v) is 13.3. The number of carbonyl (C=O) groups excluding carboxylic acids is 2. The molecule has 24 heavy (non-hydrogen) atoms. The number of ether oxygens (including phenoxy) is 2. The standard InChI is InChI=1S/C16H17N3O5/c1-23-14-9-11(18-16(22)24-2)13(20)8-12(14)17-15(21)10-19-6-4-3-5-7-19/h3-9H,10H2,1-2H3,(H2-,17,18,20,21,22)/p+1. The number of nitrogens with one attached hydrogen (secondary N) is 2. The zero-order chi connectivity index (χ0) is 17.5. The second kappa shape index (κ2) is 7.82. The van der Waals surface area contributed by atoms with Gasteiger partial charge < -0.3 is 19.9 Å². The molecule has 1 heterocycles. The average Bonchev–Trinajstić information content (AvgIpc) is 2.57. The molecular weight excluding hydrogens is 314 g/mol. The molecule has 0 aliphatic carbocycles. The van der Waals surface area contributed by atoms with Gasteiger partial charge in [0.05, 0.1) is 25.6 Å². The predicted octanol–water partition coefficient (Wildman–Crippen LogP) is 1.51. The van der Waals surface area contributed by atoms with Gasteiger partial charge in [0.1, 0.15) is 11.5 Å². The number of nitrogens with zero attached hydrogens (tertiary/aromatic N) is 1. The van der Waals surface area contributed by atoms with E-state index in [9.17, 15) is 14.7 Å². The summed E-state index contributed by atoms with van der Waals surface area (Å²) < 4.78 is 11.4. The number of phenols is 1. The lowest BCUT2D eigenvalue weighted by Crippen LogP contribution is -2.39. The highest BCUT2D eigenvalue weighted by Gasteiger charge is 2.16. The molecule has 0 spiro atoms. The van der Waals surface area contributed by atoms with Crippen LogP contribution in [0.5, 0.6) is 11.5 Å². The van der Waals surface area contributed by atoms with E-state index in [0.29, 0.717) is 0 Å². The molecule has 0 atom stereocenters. The highest BCUT2D eigenvalue weighted by Crippen LogP contribution is 2.35. The van der Waals surface area contributed by atoms with Crippen LogP contribution in [0.25, 0.3) is 0 Å². The quantitative estimate of drug-likeness (QED) is 0.569. The smallest absolute Gasteiger partial charge is 0.411 e. The van der Waals surface area contributed by atoms with Crippen molar-refractivity contribution in [3.8, 4) is 11.5 Å². The highest BCUT2D eigenvalue weighted by atomic mass is 16.5. The second-order valence-corrected chi connectivity index (χ2v) is 4.78. The Morgan fingerprint density at radius 3 is 2.42 bits per heavy atom. The van der Waals surface area contributed by atoms with E-state index in [1.807, 2.05) is 18.2 Å². The molecule has 0 fully saturated rings. The van der Waals surface area contributed by atoms with Crippen LogP contribution in [-0.2, 0) is 16.1 Å². The van der Waals surface area contributed by atoms with E-state index < -0.39 is 6.09 Å². The summed E-state index contributed by atoms with van der Waals surface area (Å²) in [6.07, 6.45) is 2.79. The summed E-state index contributed by atoms with van der Waals surface area (Å²) >= 11 is 0. The Morgan fingerprint density at radius 1 is 1.08 bits per heavy atom. The van der Waals surface area contributed by atoms with Crippen LogP contribution in [0.3, 0.4) is 0 Å². The summed E-state index contributed by atoms with van der Waals surface area (Å²) in [5.74, 6) is -0.243. The van der Waals surface area contributed by atoms with E-state index in [0.717, 1.165) is 0 Å². The number of amides is 2. The molecule has 0 bridgehead atoms. The summed E-state index contributed by atoms with van der Waals surface area (Å²) in [7, 11) is 2.62. The lowest BCUT2D eigenvalue weighted by Gasteiger charge is -2.13. The first-order valence-electron chi connectivity index (χ1n) is 7.03. The molecule has 2 aromatic rings. The van der Waals surface area contributed by atoms with Crippen LogP contribution in [0.4, 0.5) is 16.2 Å². The maximum absolute atomic E-state index is 12.1. The van der Waals surface area contributed by atoms with Gasteiger partial charge in [-0.15, -0.1) is 0 Å². The minimum Gasteiger partial charge on any atom is -0.506 e. The Kier molecular flexibility index (Phi) is 5.56. The third kappa shape index (κ3) is 4.35.